The number of halogens is 2. The predicted octanol–water partition coefficient (Wildman–Crippen LogP) is 1.38. The lowest BCUT2D eigenvalue weighted by Crippen LogP contribution is -2.28. The van der Waals surface area contributed by atoms with Gasteiger partial charge >= 0.3 is 5.69 Å². The molecular weight excluding hydrogens is 247 g/mol. The standard InChI is InChI=1S/C11H8ClFN2O2/c12-10-7(2-1-3-8(10)13)6-15-5-4-9(16)14-11(15)17/h1-5H,6H2,(H,14,16,17). The zero-order valence-corrected chi connectivity index (χ0v) is 9.37. The Labute approximate surface area is 100 Å². The molecule has 0 aliphatic carbocycles. The Bertz CT molecular complexity index is 663. The van der Waals surface area contributed by atoms with E-state index in [1.54, 1.807) is 6.07 Å². The van der Waals surface area contributed by atoms with Crippen LogP contribution in [0.15, 0.2) is 40.1 Å². The van der Waals surface area contributed by atoms with Crippen molar-refractivity contribution < 1.29 is 4.39 Å². The highest BCUT2D eigenvalue weighted by Crippen LogP contribution is 2.19. The molecule has 88 valence electrons. The van der Waals surface area contributed by atoms with Gasteiger partial charge in [-0.05, 0) is 11.6 Å². The van der Waals surface area contributed by atoms with E-state index in [0.717, 1.165) is 0 Å². The number of aromatic amines is 1. The lowest BCUT2D eigenvalue weighted by molar-refractivity contribution is 0.622. The molecule has 0 bridgehead atoms. The number of aromatic nitrogens is 2. The highest BCUT2D eigenvalue weighted by atomic mass is 35.5. The highest BCUT2D eigenvalue weighted by molar-refractivity contribution is 6.31. The van der Waals surface area contributed by atoms with E-state index in [2.05, 4.69) is 4.98 Å². The fraction of sp³-hybridized carbons (Fsp3) is 0.0909. The van der Waals surface area contributed by atoms with Crippen LogP contribution in [-0.2, 0) is 6.54 Å². The average Bonchev–Trinajstić information content (AvgIpc) is 2.28. The number of hydrogen-bond donors (Lipinski definition) is 1. The Kier molecular flexibility index (Phi) is 3.10. The zero-order chi connectivity index (χ0) is 12.4. The molecular formula is C11H8ClFN2O2. The SMILES string of the molecule is O=c1ccn(Cc2cccc(F)c2Cl)c(=O)[nH]1. The van der Waals surface area contributed by atoms with Crippen LogP contribution >= 0.6 is 11.6 Å². The minimum absolute atomic E-state index is 0.0226. The monoisotopic (exact) mass is 254 g/mol. The Morgan fingerprint density at radius 2 is 2.06 bits per heavy atom. The van der Waals surface area contributed by atoms with Gasteiger partial charge in [-0.3, -0.25) is 14.3 Å². The smallest absolute Gasteiger partial charge is 0.296 e. The molecule has 6 heteroatoms. The van der Waals surface area contributed by atoms with Gasteiger partial charge in [-0.25, -0.2) is 9.18 Å². The third kappa shape index (κ3) is 2.45. The Morgan fingerprint density at radius 3 is 2.76 bits per heavy atom. The minimum atomic E-state index is -0.558. The summed E-state index contributed by atoms with van der Waals surface area (Å²) >= 11 is 5.76. The summed E-state index contributed by atoms with van der Waals surface area (Å²) in [5.74, 6) is -0.540. The number of rotatable bonds is 2. The first-order chi connectivity index (χ1) is 8.08. The van der Waals surface area contributed by atoms with Gasteiger partial charge in [0.15, 0.2) is 0 Å². The van der Waals surface area contributed by atoms with Crippen LogP contribution in [0.1, 0.15) is 5.56 Å². The van der Waals surface area contributed by atoms with Crippen LogP contribution in [0.2, 0.25) is 5.02 Å². The number of hydrogen-bond acceptors (Lipinski definition) is 2. The molecule has 0 amide bonds. The molecule has 1 N–H and O–H groups in total. The molecule has 2 aromatic rings. The van der Waals surface area contributed by atoms with Gasteiger partial charge in [0.05, 0.1) is 11.6 Å². The largest absolute Gasteiger partial charge is 0.328 e. The fourth-order valence-electron chi connectivity index (χ4n) is 1.42. The van der Waals surface area contributed by atoms with Gasteiger partial charge < -0.3 is 0 Å². The second-order valence-electron chi connectivity index (χ2n) is 3.45. The van der Waals surface area contributed by atoms with E-state index >= 15 is 0 Å². The zero-order valence-electron chi connectivity index (χ0n) is 8.61. The molecule has 2 rings (SSSR count). The Balaban J connectivity index is 2.42. The van der Waals surface area contributed by atoms with Gasteiger partial charge in [-0.15, -0.1) is 0 Å². The van der Waals surface area contributed by atoms with Crippen LogP contribution in [-0.4, -0.2) is 9.55 Å². The quantitative estimate of drug-likeness (QED) is 0.880. The van der Waals surface area contributed by atoms with Crippen molar-refractivity contribution in [2.24, 2.45) is 0 Å². The summed E-state index contributed by atoms with van der Waals surface area (Å²) in [5.41, 5.74) is -0.560. The van der Waals surface area contributed by atoms with Crippen LogP contribution in [0.3, 0.4) is 0 Å². The maximum Gasteiger partial charge on any atom is 0.328 e. The van der Waals surface area contributed by atoms with Crippen molar-refractivity contribution in [3.63, 3.8) is 0 Å². The van der Waals surface area contributed by atoms with Gasteiger partial charge in [-0.1, -0.05) is 23.7 Å². The molecule has 0 aliphatic rings. The van der Waals surface area contributed by atoms with Crippen LogP contribution in [0.25, 0.3) is 0 Å². The molecule has 0 saturated carbocycles. The van der Waals surface area contributed by atoms with Crippen molar-refractivity contribution in [3.05, 3.63) is 67.7 Å². The maximum atomic E-state index is 13.2. The summed E-state index contributed by atoms with van der Waals surface area (Å²) in [5, 5.41) is -0.0226. The Morgan fingerprint density at radius 1 is 1.29 bits per heavy atom. The van der Waals surface area contributed by atoms with Gasteiger partial charge in [-0.2, -0.15) is 0 Å². The van der Waals surface area contributed by atoms with E-state index in [-0.39, 0.29) is 11.6 Å². The van der Waals surface area contributed by atoms with E-state index in [0.29, 0.717) is 5.56 Å². The van der Waals surface area contributed by atoms with Gasteiger partial charge in [0, 0.05) is 12.3 Å². The van der Waals surface area contributed by atoms with Crippen LogP contribution in [0.5, 0.6) is 0 Å². The third-order valence-electron chi connectivity index (χ3n) is 2.27. The van der Waals surface area contributed by atoms with E-state index in [4.69, 9.17) is 11.6 Å². The molecule has 0 spiro atoms. The van der Waals surface area contributed by atoms with E-state index in [1.807, 2.05) is 0 Å². The topological polar surface area (TPSA) is 54.9 Å². The van der Waals surface area contributed by atoms with Crippen LogP contribution in [0, 0.1) is 5.82 Å². The average molecular weight is 255 g/mol. The summed E-state index contributed by atoms with van der Waals surface area (Å²) in [6, 6.07) is 5.58. The molecule has 17 heavy (non-hydrogen) atoms. The van der Waals surface area contributed by atoms with E-state index < -0.39 is 17.1 Å². The first-order valence-corrected chi connectivity index (χ1v) is 5.18. The van der Waals surface area contributed by atoms with Crippen molar-refractivity contribution in [2.75, 3.05) is 0 Å². The van der Waals surface area contributed by atoms with E-state index in [1.165, 1.54) is 29.0 Å². The van der Waals surface area contributed by atoms with Gasteiger partial charge in [0.25, 0.3) is 5.56 Å². The molecule has 0 saturated heterocycles. The number of H-pyrrole nitrogens is 1. The predicted molar refractivity (Wildman–Crippen MR) is 61.8 cm³/mol. The van der Waals surface area contributed by atoms with Crippen molar-refractivity contribution in [3.8, 4) is 0 Å². The number of nitrogens with one attached hydrogen (secondary N) is 1. The lowest BCUT2D eigenvalue weighted by atomic mass is 10.2. The van der Waals surface area contributed by atoms with E-state index in [9.17, 15) is 14.0 Å². The van der Waals surface area contributed by atoms with Crippen LogP contribution < -0.4 is 11.2 Å². The molecule has 0 fully saturated rings. The van der Waals surface area contributed by atoms with Crippen molar-refractivity contribution in [2.45, 2.75) is 6.54 Å². The lowest BCUT2D eigenvalue weighted by Gasteiger charge is -2.06. The first kappa shape index (κ1) is 11.6. The fourth-order valence-corrected chi connectivity index (χ4v) is 1.61. The first-order valence-electron chi connectivity index (χ1n) is 4.80. The summed E-state index contributed by atoms with van der Waals surface area (Å²) in [7, 11) is 0. The normalized spacial score (nSPS) is 10.5. The summed E-state index contributed by atoms with van der Waals surface area (Å²) in [4.78, 5) is 24.4. The minimum Gasteiger partial charge on any atom is -0.296 e. The van der Waals surface area contributed by atoms with Crippen LogP contribution in [0.4, 0.5) is 4.39 Å². The third-order valence-corrected chi connectivity index (χ3v) is 2.69. The van der Waals surface area contributed by atoms with Crippen molar-refractivity contribution >= 4 is 11.6 Å². The molecule has 0 aliphatic heterocycles. The molecule has 0 radical (unpaired) electrons. The maximum absolute atomic E-state index is 13.2. The second-order valence-corrected chi connectivity index (χ2v) is 3.83. The van der Waals surface area contributed by atoms with Gasteiger partial charge in [0.2, 0.25) is 0 Å². The highest BCUT2D eigenvalue weighted by Gasteiger charge is 2.06. The number of benzene rings is 1. The number of nitrogens with zero attached hydrogens (tertiary/aromatic N) is 1. The summed E-state index contributed by atoms with van der Waals surface area (Å²) in [6.07, 6.45) is 1.34. The molecule has 1 aromatic heterocycles. The second kappa shape index (κ2) is 4.55. The summed E-state index contributed by atoms with van der Waals surface area (Å²) < 4.78 is 14.4. The molecule has 1 aromatic carbocycles. The van der Waals surface area contributed by atoms with Crippen molar-refractivity contribution in [1.82, 2.24) is 9.55 Å². The molecule has 1 heterocycles. The summed E-state index contributed by atoms with van der Waals surface area (Å²) in [6.45, 7) is 0.103. The van der Waals surface area contributed by atoms with Crippen molar-refractivity contribution in [1.29, 1.82) is 0 Å². The molecule has 0 unspecified atom stereocenters. The van der Waals surface area contributed by atoms with Gasteiger partial charge in [0.1, 0.15) is 5.82 Å². The Hall–Kier alpha value is -1.88. The molecule has 4 nitrogen and oxygen atoms in total. The molecule has 0 atom stereocenters.